The molecule has 25 heavy (non-hydrogen) atoms. The third-order valence-corrected chi connectivity index (χ3v) is 4.51. The number of nitrogens with zero attached hydrogens (tertiary/aromatic N) is 2. The van der Waals surface area contributed by atoms with Crippen molar-refractivity contribution in [1.82, 2.24) is 14.9 Å². The van der Waals surface area contributed by atoms with Gasteiger partial charge in [0.1, 0.15) is 5.82 Å². The van der Waals surface area contributed by atoms with Crippen LogP contribution in [0.2, 0.25) is 0 Å². The standard InChI is InChI=1S/C21H25N3O/c1-14(2)21(25)22-12-20-23-18-7-5-6-8-19(18)24(20)13-17-11-15(3)9-10-16(17)4/h5-11,14H,12-13H2,1-4H3,(H,22,25). The number of carbonyl (C=O) groups excluding carboxylic acids is 1. The van der Waals surface area contributed by atoms with Gasteiger partial charge in [0.2, 0.25) is 5.91 Å². The average Bonchev–Trinajstić information content (AvgIpc) is 2.93. The molecule has 0 bridgehead atoms. The topological polar surface area (TPSA) is 46.9 Å². The van der Waals surface area contributed by atoms with Crippen molar-refractivity contribution in [3.63, 3.8) is 0 Å². The normalized spacial score (nSPS) is 11.2. The molecule has 1 heterocycles. The molecule has 3 aromatic rings. The fourth-order valence-electron chi connectivity index (χ4n) is 2.95. The lowest BCUT2D eigenvalue weighted by Gasteiger charge is -2.13. The molecule has 0 aliphatic carbocycles. The summed E-state index contributed by atoms with van der Waals surface area (Å²) in [6, 6.07) is 14.6. The second-order valence-electron chi connectivity index (χ2n) is 6.91. The predicted octanol–water partition coefficient (Wildman–Crippen LogP) is 3.97. The van der Waals surface area contributed by atoms with Crippen molar-refractivity contribution < 1.29 is 4.79 Å². The first-order chi connectivity index (χ1) is 12.0. The highest BCUT2D eigenvalue weighted by atomic mass is 16.1. The fourth-order valence-corrected chi connectivity index (χ4v) is 2.95. The summed E-state index contributed by atoms with van der Waals surface area (Å²) in [5, 5.41) is 2.99. The summed E-state index contributed by atoms with van der Waals surface area (Å²) in [4.78, 5) is 16.7. The van der Waals surface area contributed by atoms with Crippen LogP contribution in [0.4, 0.5) is 0 Å². The van der Waals surface area contributed by atoms with E-state index in [4.69, 9.17) is 4.98 Å². The van der Waals surface area contributed by atoms with Crippen LogP contribution in [0, 0.1) is 19.8 Å². The van der Waals surface area contributed by atoms with Gasteiger partial charge < -0.3 is 9.88 Å². The Morgan fingerprint density at radius 2 is 1.92 bits per heavy atom. The number of aryl methyl sites for hydroxylation is 2. The number of imidazole rings is 1. The molecule has 0 aliphatic rings. The van der Waals surface area contributed by atoms with E-state index in [2.05, 4.69) is 48.0 Å². The number of aromatic nitrogens is 2. The van der Waals surface area contributed by atoms with Gasteiger partial charge in [-0.05, 0) is 37.1 Å². The smallest absolute Gasteiger partial charge is 0.222 e. The van der Waals surface area contributed by atoms with Gasteiger partial charge in [0.25, 0.3) is 0 Å². The van der Waals surface area contributed by atoms with Gasteiger partial charge in [0.15, 0.2) is 0 Å². The quantitative estimate of drug-likeness (QED) is 0.767. The summed E-state index contributed by atoms with van der Waals surface area (Å²) < 4.78 is 2.21. The summed E-state index contributed by atoms with van der Waals surface area (Å²) in [6.45, 7) is 9.23. The number of nitrogens with one attached hydrogen (secondary N) is 1. The molecule has 1 aromatic heterocycles. The number of benzene rings is 2. The number of amides is 1. The van der Waals surface area contributed by atoms with Gasteiger partial charge in [-0.3, -0.25) is 4.79 Å². The van der Waals surface area contributed by atoms with E-state index in [1.165, 1.54) is 16.7 Å². The predicted molar refractivity (Wildman–Crippen MR) is 101 cm³/mol. The first kappa shape index (κ1) is 17.2. The molecular formula is C21H25N3O. The lowest BCUT2D eigenvalue weighted by Crippen LogP contribution is -2.28. The van der Waals surface area contributed by atoms with Gasteiger partial charge >= 0.3 is 0 Å². The molecule has 0 radical (unpaired) electrons. The molecule has 4 heteroatoms. The van der Waals surface area contributed by atoms with Crippen LogP contribution in [0.1, 0.15) is 36.4 Å². The Kier molecular flexibility index (Phi) is 4.88. The summed E-state index contributed by atoms with van der Waals surface area (Å²) >= 11 is 0. The third kappa shape index (κ3) is 3.73. The highest BCUT2D eigenvalue weighted by Gasteiger charge is 2.14. The molecule has 0 fully saturated rings. The van der Waals surface area contributed by atoms with E-state index in [-0.39, 0.29) is 11.8 Å². The number of carbonyl (C=O) groups is 1. The van der Waals surface area contributed by atoms with E-state index in [1.54, 1.807) is 0 Å². The second kappa shape index (κ2) is 7.09. The molecule has 3 rings (SSSR count). The summed E-state index contributed by atoms with van der Waals surface area (Å²) in [5.74, 6) is 0.901. The van der Waals surface area contributed by atoms with E-state index in [0.29, 0.717) is 6.54 Å². The molecule has 4 nitrogen and oxygen atoms in total. The van der Waals surface area contributed by atoms with Crippen LogP contribution in [0.5, 0.6) is 0 Å². The molecule has 0 aliphatic heterocycles. The number of para-hydroxylation sites is 2. The van der Waals surface area contributed by atoms with E-state index in [0.717, 1.165) is 23.4 Å². The highest BCUT2D eigenvalue weighted by molar-refractivity contribution is 5.78. The van der Waals surface area contributed by atoms with Crippen molar-refractivity contribution in [2.45, 2.75) is 40.8 Å². The zero-order chi connectivity index (χ0) is 18.0. The molecule has 0 spiro atoms. The Bertz CT molecular complexity index is 909. The maximum atomic E-state index is 12.0. The Hall–Kier alpha value is -2.62. The molecule has 0 saturated carbocycles. The monoisotopic (exact) mass is 335 g/mol. The SMILES string of the molecule is Cc1ccc(C)c(Cn2c(CNC(=O)C(C)C)nc3ccccc32)c1. The zero-order valence-corrected chi connectivity index (χ0v) is 15.3. The zero-order valence-electron chi connectivity index (χ0n) is 15.3. The summed E-state index contributed by atoms with van der Waals surface area (Å²) in [5.41, 5.74) is 5.85. The largest absolute Gasteiger partial charge is 0.349 e. The summed E-state index contributed by atoms with van der Waals surface area (Å²) in [7, 11) is 0. The van der Waals surface area contributed by atoms with Gasteiger partial charge in [0, 0.05) is 12.5 Å². The third-order valence-electron chi connectivity index (χ3n) is 4.51. The van der Waals surface area contributed by atoms with Gasteiger partial charge in [0.05, 0.1) is 17.6 Å². The average molecular weight is 335 g/mol. The van der Waals surface area contributed by atoms with Crippen molar-refractivity contribution in [2.24, 2.45) is 5.92 Å². The maximum Gasteiger partial charge on any atom is 0.222 e. The van der Waals surface area contributed by atoms with Crippen LogP contribution < -0.4 is 5.32 Å². The minimum atomic E-state index is -0.0307. The second-order valence-corrected chi connectivity index (χ2v) is 6.91. The highest BCUT2D eigenvalue weighted by Crippen LogP contribution is 2.20. The molecule has 130 valence electrons. The van der Waals surface area contributed by atoms with Crippen LogP contribution in [-0.2, 0) is 17.9 Å². The maximum absolute atomic E-state index is 12.0. The number of hydrogen-bond donors (Lipinski definition) is 1. The van der Waals surface area contributed by atoms with Gasteiger partial charge in [-0.25, -0.2) is 4.98 Å². The molecule has 0 atom stereocenters. The minimum Gasteiger partial charge on any atom is -0.349 e. The first-order valence-electron chi connectivity index (χ1n) is 8.73. The molecular weight excluding hydrogens is 310 g/mol. The lowest BCUT2D eigenvalue weighted by atomic mass is 10.1. The van der Waals surface area contributed by atoms with Crippen LogP contribution >= 0.6 is 0 Å². The molecule has 1 N–H and O–H groups in total. The van der Waals surface area contributed by atoms with Crippen LogP contribution in [-0.4, -0.2) is 15.5 Å². The van der Waals surface area contributed by atoms with E-state index in [9.17, 15) is 4.79 Å². The van der Waals surface area contributed by atoms with Crippen LogP contribution in [0.25, 0.3) is 11.0 Å². The lowest BCUT2D eigenvalue weighted by molar-refractivity contribution is -0.124. The van der Waals surface area contributed by atoms with Gasteiger partial charge in [-0.15, -0.1) is 0 Å². The number of hydrogen-bond acceptors (Lipinski definition) is 2. The van der Waals surface area contributed by atoms with E-state index < -0.39 is 0 Å². The Labute approximate surface area is 148 Å². The Balaban J connectivity index is 1.98. The first-order valence-corrected chi connectivity index (χ1v) is 8.73. The van der Waals surface area contributed by atoms with Crippen LogP contribution in [0.3, 0.4) is 0 Å². The van der Waals surface area contributed by atoms with Crippen molar-refractivity contribution in [3.05, 3.63) is 65.0 Å². The molecule has 2 aromatic carbocycles. The van der Waals surface area contributed by atoms with Crippen molar-refractivity contribution >= 4 is 16.9 Å². The van der Waals surface area contributed by atoms with E-state index in [1.807, 2.05) is 32.0 Å². The Morgan fingerprint density at radius 3 is 2.68 bits per heavy atom. The van der Waals surface area contributed by atoms with Crippen molar-refractivity contribution in [3.8, 4) is 0 Å². The minimum absolute atomic E-state index is 0.0307. The molecule has 0 unspecified atom stereocenters. The van der Waals surface area contributed by atoms with Crippen molar-refractivity contribution in [2.75, 3.05) is 0 Å². The van der Waals surface area contributed by atoms with Gasteiger partial charge in [-0.1, -0.05) is 49.7 Å². The Morgan fingerprint density at radius 1 is 1.16 bits per heavy atom. The molecule has 0 saturated heterocycles. The summed E-state index contributed by atoms with van der Waals surface area (Å²) in [6.07, 6.45) is 0. The van der Waals surface area contributed by atoms with Crippen LogP contribution in [0.15, 0.2) is 42.5 Å². The van der Waals surface area contributed by atoms with E-state index >= 15 is 0 Å². The number of rotatable bonds is 5. The number of fused-ring (bicyclic) bond motifs is 1. The fraction of sp³-hybridized carbons (Fsp3) is 0.333. The van der Waals surface area contributed by atoms with Gasteiger partial charge in [-0.2, -0.15) is 0 Å². The molecule has 1 amide bonds. The van der Waals surface area contributed by atoms with Crippen molar-refractivity contribution in [1.29, 1.82) is 0 Å².